The molecule has 1 aliphatic carbocycles. The van der Waals surface area contributed by atoms with Crippen LogP contribution in [0.5, 0.6) is 0 Å². The number of rotatable bonds is 2. The fourth-order valence-corrected chi connectivity index (χ4v) is 5.31. The number of piperidine rings is 1. The minimum atomic E-state index is 0.736. The summed E-state index contributed by atoms with van der Waals surface area (Å²) in [7, 11) is 0. The van der Waals surface area contributed by atoms with Gasteiger partial charge in [0.1, 0.15) is 0 Å². The molecular weight excluding hydrogens is 334 g/mol. The monoisotopic (exact) mass is 353 g/mol. The predicted molar refractivity (Wildman–Crippen MR) is 88.0 cm³/mol. The molecule has 3 heterocycles. The fourth-order valence-electron chi connectivity index (χ4n) is 4.06. The van der Waals surface area contributed by atoms with Gasteiger partial charge in [0, 0.05) is 29.5 Å². The Bertz CT molecular complexity index is 603. The number of hydrogen-bond donors (Lipinski definition) is 0. The smallest absolute Gasteiger partial charge is 0.195 e. The van der Waals surface area contributed by atoms with E-state index in [1.165, 1.54) is 56.6 Å². The van der Waals surface area contributed by atoms with Crippen molar-refractivity contribution in [2.45, 2.75) is 49.9 Å². The van der Waals surface area contributed by atoms with E-state index in [9.17, 15) is 0 Å². The van der Waals surface area contributed by atoms with Crippen LogP contribution in [0.4, 0.5) is 5.82 Å². The number of halogens is 1. The van der Waals surface area contributed by atoms with Crippen LogP contribution in [0.15, 0.2) is 11.6 Å². The van der Waals surface area contributed by atoms with Crippen molar-refractivity contribution in [2.75, 3.05) is 11.4 Å². The molecule has 3 nitrogen and oxygen atoms in total. The number of aromatic nitrogens is 2. The first-order valence-corrected chi connectivity index (χ1v) is 9.65. The van der Waals surface area contributed by atoms with Gasteiger partial charge in [0.25, 0.3) is 0 Å². The standard InChI is InChI=1S/C15H20BrN3S/c16-10-13-14(17-15-19(13)8-9-20-15)18-7-3-5-11-4-1-2-6-12(11)18/h8-9,11-12H,1-7,10H2. The highest BCUT2D eigenvalue weighted by molar-refractivity contribution is 9.08. The molecule has 4 rings (SSSR count). The summed E-state index contributed by atoms with van der Waals surface area (Å²) >= 11 is 5.40. The molecule has 2 atom stereocenters. The van der Waals surface area contributed by atoms with E-state index in [1.54, 1.807) is 11.3 Å². The Morgan fingerprint density at radius 2 is 2.10 bits per heavy atom. The summed E-state index contributed by atoms with van der Waals surface area (Å²) in [5, 5.41) is 3.01. The Hall–Kier alpha value is -0.550. The molecule has 0 radical (unpaired) electrons. The van der Waals surface area contributed by atoms with Gasteiger partial charge in [-0.1, -0.05) is 28.8 Å². The van der Waals surface area contributed by atoms with Gasteiger partial charge in [-0.15, -0.1) is 11.3 Å². The third-order valence-electron chi connectivity index (χ3n) is 4.98. The van der Waals surface area contributed by atoms with E-state index < -0.39 is 0 Å². The number of imidazole rings is 1. The van der Waals surface area contributed by atoms with Crippen LogP contribution in [0.3, 0.4) is 0 Å². The van der Waals surface area contributed by atoms with E-state index in [0.717, 1.165) is 22.3 Å². The maximum Gasteiger partial charge on any atom is 0.195 e. The minimum Gasteiger partial charge on any atom is -0.352 e. The van der Waals surface area contributed by atoms with Gasteiger partial charge in [0.05, 0.1) is 5.69 Å². The second-order valence-electron chi connectivity index (χ2n) is 6.02. The van der Waals surface area contributed by atoms with Crippen molar-refractivity contribution >= 4 is 38.0 Å². The van der Waals surface area contributed by atoms with Crippen molar-refractivity contribution < 1.29 is 0 Å². The van der Waals surface area contributed by atoms with E-state index in [1.807, 2.05) is 0 Å². The third kappa shape index (κ3) is 2.01. The zero-order valence-electron chi connectivity index (χ0n) is 11.6. The molecular formula is C15H20BrN3S. The minimum absolute atomic E-state index is 0.736. The second kappa shape index (κ2) is 5.34. The number of fused-ring (bicyclic) bond motifs is 2. The van der Waals surface area contributed by atoms with Crippen molar-refractivity contribution in [3.63, 3.8) is 0 Å². The number of thiazole rings is 1. The molecule has 20 heavy (non-hydrogen) atoms. The first-order chi connectivity index (χ1) is 9.88. The predicted octanol–water partition coefficient (Wildman–Crippen LogP) is 4.45. The molecule has 2 unspecified atom stereocenters. The molecule has 0 bridgehead atoms. The lowest BCUT2D eigenvalue weighted by atomic mass is 9.78. The summed E-state index contributed by atoms with van der Waals surface area (Å²) in [4.78, 5) is 8.70. The van der Waals surface area contributed by atoms with Gasteiger partial charge in [-0.2, -0.15) is 0 Å². The molecule has 1 saturated carbocycles. The highest BCUT2D eigenvalue weighted by atomic mass is 79.9. The topological polar surface area (TPSA) is 20.5 Å². The molecule has 2 aliphatic rings. The molecule has 1 aliphatic heterocycles. The SMILES string of the molecule is BrCc1c(N2CCCC3CCCCC32)nc2sccn12. The van der Waals surface area contributed by atoms with Crippen molar-refractivity contribution in [1.82, 2.24) is 9.38 Å². The Morgan fingerprint density at radius 1 is 1.25 bits per heavy atom. The van der Waals surface area contributed by atoms with Gasteiger partial charge in [-0.05, 0) is 31.6 Å². The zero-order valence-corrected chi connectivity index (χ0v) is 14.0. The maximum atomic E-state index is 4.94. The summed E-state index contributed by atoms with van der Waals surface area (Å²) < 4.78 is 2.25. The quantitative estimate of drug-likeness (QED) is 0.743. The Morgan fingerprint density at radius 3 is 3.00 bits per heavy atom. The van der Waals surface area contributed by atoms with Gasteiger partial charge < -0.3 is 4.90 Å². The normalized spacial score (nSPS) is 26.9. The Labute approximate surface area is 132 Å². The molecule has 2 aromatic rings. The van der Waals surface area contributed by atoms with Crippen LogP contribution in [0, 0.1) is 5.92 Å². The summed E-state index contributed by atoms with van der Waals surface area (Å²) in [6, 6.07) is 0.736. The van der Waals surface area contributed by atoms with Crippen molar-refractivity contribution in [3.8, 4) is 0 Å². The van der Waals surface area contributed by atoms with Crippen LogP contribution >= 0.6 is 27.3 Å². The number of nitrogens with zero attached hydrogens (tertiary/aromatic N) is 3. The van der Waals surface area contributed by atoms with E-state index in [4.69, 9.17) is 4.98 Å². The van der Waals surface area contributed by atoms with Gasteiger partial charge in [-0.25, -0.2) is 4.98 Å². The molecule has 0 aromatic carbocycles. The van der Waals surface area contributed by atoms with Gasteiger partial charge in [0.15, 0.2) is 10.8 Å². The van der Waals surface area contributed by atoms with Crippen LogP contribution < -0.4 is 4.90 Å². The Balaban J connectivity index is 1.74. The first kappa shape index (κ1) is 13.1. The number of anilines is 1. The number of hydrogen-bond acceptors (Lipinski definition) is 3. The Kier molecular flexibility index (Phi) is 3.50. The summed E-state index contributed by atoms with van der Waals surface area (Å²) in [5.41, 5.74) is 1.33. The van der Waals surface area contributed by atoms with E-state index in [-0.39, 0.29) is 0 Å². The average Bonchev–Trinajstić information content (AvgIpc) is 3.06. The van der Waals surface area contributed by atoms with Crippen molar-refractivity contribution in [2.24, 2.45) is 5.92 Å². The largest absolute Gasteiger partial charge is 0.352 e. The molecule has 0 N–H and O–H groups in total. The molecule has 108 valence electrons. The van der Waals surface area contributed by atoms with Crippen LogP contribution in [0.25, 0.3) is 4.96 Å². The molecule has 5 heteroatoms. The molecule has 0 spiro atoms. The first-order valence-electron chi connectivity index (χ1n) is 7.65. The molecule has 2 fully saturated rings. The third-order valence-corrected chi connectivity index (χ3v) is 6.27. The number of alkyl halides is 1. The molecule has 0 amide bonds. The van der Waals surface area contributed by atoms with Crippen LogP contribution in [-0.4, -0.2) is 22.0 Å². The highest BCUT2D eigenvalue weighted by Crippen LogP contribution is 2.39. The lowest BCUT2D eigenvalue weighted by molar-refractivity contribution is 0.242. The van der Waals surface area contributed by atoms with Gasteiger partial charge in [-0.3, -0.25) is 4.40 Å². The van der Waals surface area contributed by atoms with Crippen LogP contribution in [-0.2, 0) is 5.33 Å². The fraction of sp³-hybridized carbons (Fsp3) is 0.667. The van der Waals surface area contributed by atoms with Crippen molar-refractivity contribution in [3.05, 3.63) is 17.3 Å². The second-order valence-corrected chi connectivity index (χ2v) is 7.45. The van der Waals surface area contributed by atoms with Crippen LogP contribution in [0.2, 0.25) is 0 Å². The molecule has 1 saturated heterocycles. The lowest BCUT2D eigenvalue weighted by Crippen LogP contribution is -2.47. The van der Waals surface area contributed by atoms with Gasteiger partial charge in [0.2, 0.25) is 0 Å². The van der Waals surface area contributed by atoms with Gasteiger partial charge >= 0.3 is 0 Å². The van der Waals surface area contributed by atoms with E-state index in [2.05, 4.69) is 36.8 Å². The van der Waals surface area contributed by atoms with Crippen molar-refractivity contribution in [1.29, 1.82) is 0 Å². The van der Waals surface area contributed by atoms with Crippen LogP contribution in [0.1, 0.15) is 44.2 Å². The summed E-state index contributed by atoms with van der Waals surface area (Å²) in [5.74, 6) is 2.14. The maximum absolute atomic E-state index is 4.94. The summed E-state index contributed by atoms with van der Waals surface area (Å²) in [6.07, 6.45) is 10.5. The molecule has 2 aromatic heterocycles. The zero-order chi connectivity index (χ0) is 13.5. The average molecular weight is 354 g/mol. The lowest BCUT2D eigenvalue weighted by Gasteiger charge is -2.44. The summed E-state index contributed by atoms with van der Waals surface area (Å²) in [6.45, 7) is 1.19. The van der Waals surface area contributed by atoms with E-state index >= 15 is 0 Å². The van der Waals surface area contributed by atoms with E-state index in [0.29, 0.717) is 0 Å². The highest BCUT2D eigenvalue weighted by Gasteiger charge is 2.35.